The molecule has 0 heterocycles. The quantitative estimate of drug-likeness (QED) is 0.592. The van der Waals surface area contributed by atoms with E-state index in [0.717, 1.165) is 11.1 Å². The highest BCUT2D eigenvalue weighted by Crippen LogP contribution is 2.27. The van der Waals surface area contributed by atoms with Crippen molar-refractivity contribution in [2.24, 2.45) is 5.92 Å². The van der Waals surface area contributed by atoms with Gasteiger partial charge in [0.1, 0.15) is 11.8 Å². The van der Waals surface area contributed by atoms with Crippen molar-refractivity contribution >= 4 is 35.0 Å². The zero-order valence-electron chi connectivity index (χ0n) is 17.7. The number of halogens is 2. The highest BCUT2D eigenvalue weighted by molar-refractivity contribution is 6.35. The molecule has 1 N–H and O–H groups in total. The average molecular weight is 451 g/mol. The third-order valence-corrected chi connectivity index (χ3v) is 5.10. The number of nitrogens with zero attached hydrogens (tertiary/aromatic N) is 1. The lowest BCUT2D eigenvalue weighted by molar-refractivity contribution is -0.142. The molecule has 162 valence electrons. The molecule has 5 nitrogen and oxygen atoms in total. The SMILES string of the molecule is Cc1ccc(CN(C(=O)COc2ccc(Cl)cc2Cl)[C@@H](C)C(=O)NCC(C)C)cc1. The molecule has 0 saturated heterocycles. The molecule has 0 fully saturated rings. The highest BCUT2D eigenvalue weighted by Gasteiger charge is 2.26. The van der Waals surface area contributed by atoms with Gasteiger partial charge in [0, 0.05) is 18.1 Å². The van der Waals surface area contributed by atoms with Crippen molar-refractivity contribution in [2.75, 3.05) is 13.2 Å². The van der Waals surface area contributed by atoms with E-state index in [9.17, 15) is 9.59 Å². The monoisotopic (exact) mass is 450 g/mol. The van der Waals surface area contributed by atoms with Crippen molar-refractivity contribution in [1.29, 1.82) is 0 Å². The summed E-state index contributed by atoms with van der Waals surface area (Å²) < 4.78 is 5.61. The van der Waals surface area contributed by atoms with E-state index in [0.29, 0.717) is 34.8 Å². The van der Waals surface area contributed by atoms with Gasteiger partial charge in [-0.25, -0.2) is 0 Å². The smallest absolute Gasteiger partial charge is 0.261 e. The summed E-state index contributed by atoms with van der Waals surface area (Å²) >= 11 is 12.0. The minimum atomic E-state index is -0.651. The molecule has 7 heteroatoms. The molecule has 0 unspecified atom stereocenters. The van der Waals surface area contributed by atoms with Crippen LogP contribution in [0.15, 0.2) is 42.5 Å². The summed E-state index contributed by atoms with van der Waals surface area (Å²) in [5.74, 6) is 0.168. The maximum atomic E-state index is 13.0. The number of hydrogen-bond donors (Lipinski definition) is 1. The van der Waals surface area contributed by atoms with Gasteiger partial charge in [0.25, 0.3) is 5.91 Å². The van der Waals surface area contributed by atoms with Crippen LogP contribution in [0.25, 0.3) is 0 Å². The first kappa shape index (κ1) is 24.0. The maximum absolute atomic E-state index is 13.0. The molecule has 2 rings (SSSR count). The number of benzene rings is 2. The van der Waals surface area contributed by atoms with Gasteiger partial charge in [-0.15, -0.1) is 0 Å². The van der Waals surface area contributed by atoms with Gasteiger partial charge < -0.3 is 15.0 Å². The van der Waals surface area contributed by atoms with E-state index < -0.39 is 6.04 Å². The summed E-state index contributed by atoms with van der Waals surface area (Å²) in [5, 5.41) is 3.70. The molecule has 0 saturated carbocycles. The van der Waals surface area contributed by atoms with Crippen LogP contribution in [0.1, 0.15) is 31.9 Å². The molecule has 30 heavy (non-hydrogen) atoms. The third-order valence-electron chi connectivity index (χ3n) is 4.57. The van der Waals surface area contributed by atoms with Crippen LogP contribution in [0.5, 0.6) is 5.75 Å². The summed E-state index contributed by atoms with van der Waals surface area (Å²) in [5.41, 5.74) is 2.06. The van der Waals surface area contributed by atoms with Gasteiger partial charge in [0.15, 0.2) is 6.61 Å². The van der Waals surface area contributed by atoms with Crippen LogP contribution in [0, 0.1) is 12.8 Å². The van der Waals surface area contributed by atoms with E-state index >= 15 is 0 Å². The van der Waals surface area contributed by atoms with Gasteiger partial charge in [0.2, 0.25) is 5.91 Å². The molecule has 0 aliphatic carbocycles. The van der Waals surface area contributed by atoms with Crippen LogP contribution in [0.4, 0.5) is 0 Å². The van der Waals surface area contributed by atoms with Crippen LogP contribution in [-0.4, -0.2) is 35.9 Å². The van der Waals surface area contributed by atoms with Crippen LogP contribution in [0.2, 0.25) is 10.0 Å². The van der Waals surface area contributed by atoms with Gasteiger partial charge in [-0.1, -0.05) is 66.9 Å². The van der Waals surface area contributed by atoms with E-state index in [2.05, 4.69) is 5.32 Å². The summed E-state index contributed by atoms with van der Waals surface area (Å²) in [4.78, 5) is 27.1. The zero-order chi connectivity index (χ0) is 22.3. The summed E-state index contributed by atoms with van der Waals surface area (Å²) in [6.07, 6.45) is 0. The summed E-state index contributed by atoms with van der Waals surface area (Å²) in [6, 6.07) is 12.0. The average Bonchev–Trinajstić information content (AvgIpc) is 2.70. The molecule has 1 atom stereocenters. The van der Waals surface area contributed by atoms with Crippen LogP contribution in [-0.2, 0) is 16.1 Å². The van der Waals surface area contributed by atoms with Crippen molar-refractivity contribution in [3.63, 3.8) is 0 Å². The van der Waals surface area contributed by atoms with Crippen LogP contribution < -0.4 is 10.1 Å². The van der Waals surface area contributed by atoms with Gasteiger partial charge in [-0.05, 0) is 43.5 Å². The summed E-state index contributed by atoms with van der Waals surface area (Å²) in [7, 11) is 0. The third kappa shape index (κ3) is 7.22. The van der Waals surface area contributed by atoms with Crippen molar-refractivity contribution < 1.29 is 14.3 Å². The van der Waals surface area contributed by atoms with E-state index in [1.54, 1.807) is 25.1 Å². The summed E-state index contributed by atoms with van der Waals surface area (Å²) in [6.45, 7) is 8.36. The second kappa shape index (κ2) is 11.2. The van der Waals surface area contributed by atoms with Gasteiger partial charge in [0.05, 0.1) is 5.02 Å². The lowest BCUT2D eigenvalue weighted by atomic mass is 10.1. The molecule has 0 aromatic heterocycles. The Kier molecular flexibility index (Phi) is 9.00. The fourth-order valence-electron chi connectivity index (χ4n) is 2.74. The molecular formula is C23H28Cl2N2O3. The normalized spacial score (nSPS) is 11.8. The number of ether oxygens (including phenoxy) is 1. The van der Waals surface area contributed by atoms with E-state index in [4.69, 9.17) is 27.9 Å². The number of aryl methyl sites for hydroxylation is 1. The first-order chi connectivity index (χ1) is 14.2. The van der Waals surface area contributed by atoms with Crippen molar-refractivity contribution in [2.45, 2.75) is 40.3 Å². The fourth-order valence-corrected chi connectivity index (χ4v) is 3.20. The van der Waals surface area contributed by atoms with Crippen molar-refractivity contribution in [3.8, 4) is 5.75 Å². The molecule has 2 amide bonds. The Hall–Kier alpha value is -2.24. The van der Waals surface area contributed by atoms with Crippen molar-refractivity contribution in [3.05, 3.63) is 63.6 Å². The number of amides is 2. The van der Waals surface area contributed by atoms with E-state index in [-0.39, 0.29) is 18.4 Å². The number of nitrogens with one attached hydrogen (secondary N) is 1. The zero-order valence-corrected chi connectivity index (χ0v) is 19.3. The second-order valence-corrected chi connectivity index (χ2v) is 8.53. The molecule has 2 aromatic rings. The molecule has 0 spiro atoms. The Morgan fingerprint density at radius 3 is 2.33 bits per heavy atom. The maximum Gasteiger partial charge on any atom is 0.261 e. The minimum Gasteiger partial charge on any atom is -0.482 e. The fraction of sp³-hybridized carbons (Fsp3) is 0.391. The predicted molar refractivity (Wildman–Crippen MR) is 121 cm³/mol. The largest absolute Gasteiger partial charge is 0.482 e. The molecular weight excluding hydrogens is 423 g/mol. The van der Waals surface area contributed by atoms with Crippen LogP contribution >= 0.6 is 23.2 Å². The van der Waals surface area contributed by atoms with Gasteiger partial charge >= 0.3 is 0 Å². The molecule has 0 aliphatic rings. The van der Waals surface area contributed by atoms with Crippen LogP contribution in [0.3, 0.4) is 0 Å². The first-order valence-corrected chi connectivity index (χ1v) is 10.6. The lowest BCUT2D eigenvalue weighted by Gasteiger charge is -2.29. The Balaban J connectivity index is 2.14. The van der Waals surface area contributed by atoms with Gasteiger partial charge in [-0.3, -0.25) is 9.59 Å². The molecule has 0 radical (unpaired) electrons. The molecule has 2 aromatic carbocycles. The Morgan fingerprint density at radius 1 is 1.07 bits per heavy atom. The number of carbonyl (C=O) groups excluding carboxylic acids is 2. The molecule has 0 aliphatic heterocycles. The van der Waals surface area contributed by atoms with Crippen molar-refractivity contribution in [1.82, 2.24) is 10.2 Å². The Bertz CT molecular complexity index is 869. The Morgan fingerprint density at radius 2 is 1.73 bits per heavy atom. The number of rotatable bonds is 9. The van der Waals surface area contributed by atoms with Gasteiger partial charge in [-0.2, -0.15) is 0 Å². The predicted octanol–water partition coefficient (Wildman–Crippen LogP) is 4.87. The second-order valence-electron chi connectivity index (χ2n) is 7.69. The first-order valence-electron chi connectivity index (χ1n) is 9.88. The number of carbonyl (C=O) groups is 2. The lowest BCUT2D eigenvalue weighted by Crippen LogP contribution is -2.49. The Labute approximate surface area is 188 Å². The standard InChI is InChI=1S/C23H28Cl2N2O3/c1-15(2)12-26-23(29)17(4)27(13-18-7-5-16(3)6-8-18)22(28)14-30-21-10-9-19(24)11-20(21)25/h5-11,15,17H,12-14H2,1-4H3,(H,26,29)/t17-/m0/s1. The highest BCUT2D eigenvalue weighted by atomic mass is 35.5. The topological polar surface area (TPSA) is 58.6 Å². The minimum absolute atomic E-state index is 0.200. The van der Waals surface area contributed by atoms with E-state index in [1.165, 1.54) is 4.90 Å². The molecule has 0 bridgehead atoms. The number of hydrogen-bond acceptors (Lipinski definition) is 3. The van der Waals surface area contributed by atoms with E-state index in [1.807, 2.05) is 45.0 Å².